The molecule has 4 heteroatoms. The van der Waals surface area contributed by atoms with Crippen molar-refractivity contribution in [1.29, 1.82) is 0 Å². The molecule has 0 saturated carbocycles. The molecule has 0 saturated heterocycles. The van der Waals surface area contributed by atoms with Crippen molar-refractivity contribution in [2.45, 2.75) is 6.29 Å². The first-order valence-electron chi connectivity index (χ1n) is 4.73. The molecule has 1 aromatic carbocycles. The second-order valence-electron chi connectivity index (χ2n) is 3.29. The predicted octanol–water partition coefficient (Wildman–Crippen LogP) is 2.21. The average Bonchev–Trinajstić information content (AvgIpc) is 2.74. The smallest absolute Gasteiger partial charge is 0.180 e. The lowest BCUT2D eigenvalue weighted by Crippen LogP contribution is -1.95. The van der Waals surface area contributed by atoms with Crippen molar-refractivity contribution in [3.8, 4) is 10.4 Å². The molecule has 2 aromatic rings. The van der Waals surface area contributed by atoms with Crippen LogP contribution in [0.1, 0.15) is 21.5 Å². The Morgan fingerprint density at radius 2 is 1.88 bits per heavy atom. The molecule has 0 radical (unpaired) electrons. The molecule has 0 spiro atoms. The van der Waals surface area contributed by atoms with Crippen molar-refractivity contribution in [3.05, 3.63) is 46.8 Å². The van der Waals surface area contributed by atoms with Gasteiger partial charge >= 0.3 is 0 Å². The molecule has 0 aliphatic heterocycles. The maximum absolute atomic E-state index is 10.8. The van der Waals surface area contributed by atoms with Gasteiger partial charge in [-0.2, -0.15) is 0 Å². The van der Waals surface area contributed by atoms with E-state index < -0.39 is 6.29 Å². The van der Waals surface area contributed by atoms with E-state index in [0.29, 0.717) is 11.2 Å². The Bertz CT molecular complexity index is 488. The SMILES string of the molecule is O=Cc1sc(-c2ccccc2)cc1C(O)O. The third kappa shape index (κ3) is 2.04. The van der Waals surface area contributed by atoms with Crippen LogP contribution in [0, 0.1) is 0 Å². The number of aliphatic hydroxyl groups excluding tert-OH is 1. The molecule has 0 unspecified atom stereocenters. The summed E-state index contributed by atoms with van der Waals surface area (Å²) in [4.78, 5) is 12.0. The van der Waals surface area contributed by atoms with Crippen LogP contribution in [-0.4, -0.2) is 16.5 Å². The normalized spacial score (nSPS) is 10.7. The van der Waals surface area contributed by atoms with Crippen molar-refractivity contribution < 1.29 is 15.0 Å². The molecule has 0 amide bonds. The van der Waals surface area contributed by atoms with Crippen LogP contribution in [0.3, 0.4) is 0 Å². The number of aliphatic hydroxyl groups is 2. The van der Waals surface area contributed by atoms with Gasteiger partial charge in [-0.25, -0.2) is 0 Å². The third-order valence-electron chi connectivity index (χ3n) is 2.23. The highest BCUT2D eigenvalue weighted by atomic mass is 32.1. The van der Waals surface area contributed by atoms with Gasteiger partial charge < -0.3 is 10.2 Å². The number of aldehydes is 1. The van der Waals surface area contributed by atoms with E-state index in [1.807, 2.05) is 30.3 Å². The van der Waals surface area contributed by atoms with Crippen LogP contribution in [0.15, 0.2) is 36.4 Å². The van der Waals surface area contributed by atoms with E-state index >= 15 is 0 Å². The molecule has 82 valence electrons. The lowest BCUT2D eigenvalue weighted by Gasteiger charge is -1.99. The molecule has 2 rings (SSSR count). The minimum Gasteiger partial charge on any atom is -0.364 e. The number of hydrogen-bond donors (Lipinski definition) is 2. The first kappa shape index (κ1) is 11.0. The van der Waals surface area contributed by atoms with Crippen molar-refractivity contribution >= 4 is 17.6 Å². The van der Waals surface area contributed by atoms with Crippen LogP contribution < -0.4 is 0 Å². The monoisotopic (exact) mass is 234 g/mol. The van der Waals surface area contributed by atoms with E-state index in [-0.39, 0.29) is 5.56 Å². The van der Waals surface area contributed by atoms with Gasteiger partial charge in [0.2, 0.25) is 0 Å². The zero-order valence-electron chi connectivity index (χ0n) is 8.33. The highest BCUT2D eigenvalue weighted by Crippen LogP contribution is 2.32. The minimum atomic E-state index is -1.60. The summed E-state index contributed by atoms with van der Waals surface area (Å²) in [6.45, 7) is 0. The molecule has 0 aliphatic carbocycles. The van der Waals surface area contributed by atoms with Gasteiger partial charge in [-0.05, 0) is 11.6 Å². The molecular formula is C12H10O3S. The Morgan fingerprint density at radius 1 is 1.19 bits per heavy atom. The molecule has 1 aromatic heterocycles. The van der Waals surface area contributed by atoms with E-state index in [0.717, 1.165) is 10.4 Å². The van der Waals surface area contributed by atoms with E-state index in [9.17, 15) is 4.79 Å². The number of thiophene rings is 1. The van der Waals surface area contributed by atoms with E-state index in [1.165, 1.54) is 11.3 Å². The Balaban J connectivity index is 2.48. The molecule has 0 bridgehead atoms. The molecular weight excluding hydrogens is 224 g/mol. The standard InChI is InChI=1S/C12H10O3S/c13-7-11-9(12(14)15)6-10(16-11)8-4-2-1-3-5-8/h1-7,12,14-15H. The van der Waals surface area contributed by atoms with Crippen molar-refractivity contribution in [2.75, 3.05) is 0 Å². The van der Waals surface area contributed by atoms with Gasteiger partial charge in [-0.3, -0.25) is 4.79 Å². The predicted molar refractivity (Wildman–Crippen MR) is 62.3 cm³/mol. The van der Waals surface area contributed by atoms with Crippen molar-refractivity contribution in [3.63, 3.8) is 0 Å². The van der Waals surface area contributed by atoms with Gasteiger partial charge in [0, 0.05) is 10.4 Å². The van der Waals surface area contributed by atoms with Crippen LogP contribution in [0.2, 0.25) is 0 Å². The van der Waals surface area contributed by atoms with Gasteiger partial charge in [0.05, 0.1) is 4.88 Å². The first-order chi connectivity index (χ1) is 7.72. The lowest BCUT2D eigenvalue weighted by molar-refractivity contribution is -0.0424. The van der Waals surface area contributed by atoms with Crippen LogP contribution >= 0.6 is 11.3 Å². The zero-order chi connectivity index (χ0) is 11.5. The molecule has 2 N–H and O–H groups in total. The number of hydrogen-bond acceptors (Lipinski definition) is 4. The van der Waals surface area contributed by atoms with Gasteiger partial charge in [-0.1, -0.05) is 30.3 Å². The topological polar surface area (TPSA) is 57.5 Å². The highest BCUT2D eigenvalue weighted by Gasteiger charge is 2.14. The number of benzene rings is 1. The number of carbonyl (C=O) groups is 1. The molecule has 3 nitrogen and oxygen atoms in total. The minimum absolute atomic E-state index is 0.263. The maximum Gasteiger partial charge on any atom is 0.180 e. The van der Waals surface area contributed by atoms with Gasteiger partial charge in [0.1, 0.15) is 0 Å². The Morgan fingerprint density at radius 3 is 2.38 bits per heavy atom. The highest BCUT2D eigenvalue weighted by molar-refractivity contribution is 7.17. The average molecular weight is 234 g/mol. The van der Waals surface area contributed by atoms with Gasteiger partial charge in [-0.15, -0.1) is 11.3 Å². The number of rotatable bonds is 3. The summed E-state index contributed by atoms with van der Waals surface area (Å²) in [5.41, 5.74) is 1.22. The van der Waals surface area contributed by atoms with Gasteiger partial charge in [0.15, 0.2) is 12.6 Å². The number of carbonyl (C=O) groups excluding carboxylic acids is 1. The first-order valence-corrected chi connectivity index (χ1v) is 5.54. The molecule has 1 heterocycles. The van der Waals surface area contributed by atoms with Crippen molar-refractivity contribution in [1.82, 2.24) is 0 Å². The van der Waals surface area contributed by atoms with E-state index in [1.54, 1.807) is 6.07 Å². The lowest BCUT2D eigenvalue weighted by atomic mass is 10.1. The Hall–Kier alpha value is -1.49. The maximum atomic E-state index is 10.8. The summed E-state index contributed by atoms with van der Waals surface area (Å²) in [5, 5.41) is 18.2. The van der Waals surface area contributed by atoms with Crippen LogP contribution in [-0.2, 0) is 0 Å². The molecule has 0 aliphatic rings. The van der Waals surface area contributed by atoms with E-state index in [4.69, 9.17) is 10.2 Å². The third-order valence-corrected chi connectivity index (χ3v) is 3.36. The summed E-state index contributed by atoms with van der Waals surface area (Å²) in [5.74, 6) is 0. The fourth-order valence-corrected chi connectivity index (χ4v) is 2.46. The summed E-state index contributed by atoms with van der Waals surface area (Å²) in [7, 11) is 0. The molecule has 16 heavy (non-hydrogen) atoms. The zero-order valence-corrected chi connectivity index (χ0v) is 9.15. The van der Waals surface area contributed by atoms with Crippen LogP contribution in [0.25, 0.3) is 10.4 Å². The molecule has 0 atom stereocenters. The molecule has 0 fully saturated rings. The fourth-order valence-electron chi connectivity index (χ4n) is 1.46. The van der Waals surface area contributed by atoms with Crippen molar-refractivity contribution in [2.24, 2.45) is 0 Å². The fraction of sp³-hybridized carbons (Fsp3) is 0.0833. The summed E-state index contributed by atoms with van der Waals surface area (Å²) >= 11 is 1.25. The second-order valence-corrected chi connectivity index (χ2v) is 4.37. The van der Waals surface area contributed by atoms with E-state index in [2.05, 4.69) is 0 Å². The summed E-state index contributed by atoms with van der Waals surface area (Å²) in [6.07, 6.45) is -0.958. The van der Waals surface area contributed by atoms with Crippen LogP contribution in [0.5, 0.6) is 0 Å². The summed E-state index contributed by atoms with van der Waals surface area (Å²) in [6, 6.07) is 11.1. The second kappa shape index (κ2) is 4.57. The summed E-state index contributed by atoms with van der Waals surface area (Å²) < 4.78 is 0. The van der Waals surface area contributed by atoms with Crippen LogP contribution in [0.4, 0.5) is 0 Å². The quantitative estimate of drug-likeness (QED) is 0.632. The Kier molecular flexibility index (Phi) is 3.14. The Labute approximate surface area is 96.6 Å². The largest absolute Gasteiger partial charge is 0.364 e. The van der Waals surface area contributed by atoms with Gasteiger partial charge in [0.25, 0.3) is 0 Å².